The van der Waals surface area contributed by atoms with Crippen LogP contribution in [-0.2, 0) is 13.5 Å². The Kier molecular flexibility index (Phi) is 4.12. The van der Waals surface area contributed by atoms with Gasteiger partial charge >= 0.3 is 0 Å². The second-order valence-corrected chi connectivity index (χ2v) is 6.08. The summed E-state index contributed by atoms with van der Waals surface area (Å²) in [5.41, 5.74) is 3.90. The van der Waals surface area contributed by atoms with Gasteiger partial charge in [-0.2, -0.15) is 0 Å². The number of aromatic nitrogens is 5. The van der Waals surface area contributed by atoms with E-state index in [0.717, 1.165) is 38.2 Å². The van der Waals surface area contributed by atoms with Gasteiger partial charge in [0.25, 0.3) is 0 Å². The Morgan fingerprint density at radius 3 is 2.71 bits per heavy atom. The van der Waals surface area contributed by atoms with Crippen molar-refractivity contribution in [1.82, 2.24) is 24.5 Å². The second-order valence-electron chi connectivity index (χ2n) is 4.46. The van der Waals surface area contributed by atoms with Gasteiger partial charge in [0.05, 0.1) is 23.8 Å². The summed E-state index contributed by atoms with van der Waals surface area (Å²) in [5, 5.41) is 0. The van der Waals surface area contributed by atoms with Gasteiger partial charge < -0.3 is 4.57 Å². The molecule has 21 heavy (non-hydrogen) atoms. The first kappa shape index (κ1) is 14.3. The summed E-state index contributed by atoms with van der Waals surface area (Å²) in [7, 11) is 1.95. The van der Waals surface area contributed by atoms with Crippen LogP contribution in [0.3, 0.4) is 0 Å². The van der Waals surface area contributed by atoms with E-state index in [9.17, 15) is 0 Å². The van der Waals surface area contributed by atoms with Crippen LogP contribution in [0.4, 0.5) is 0 Å². The molecule has 1 aliphatic carbocycles. The largest absolute Gasteiger partial charge is 0.334 e. The average molecular weight is 409 g/mol. The number of hydrogen-bond donors (Lipinski definition) is 0. The van der Waals surface area contributed by atoms with Crippen molar-refractivity contribution in [2.75, 3.05) is 0 Å². The fraction of sp³-hybridized carbons (Fsp3) is 0.143. The molecule has 1 aliphatic rings. The molecule has 0 atom stereocenters. The van der Waals surface area contributed by atoms with Gasteiger partial charge in [0.1, 0.15) is 14.7 Å². The fourth-order valence-electron chi connectivity index (χ4n) is 1.98. The minimum Gasteiger partial charge on any atom is -0.334 e. The quantitative estimate of drug-likeness (QED) is 0.570. The molecule has 5 nitrogen and oxygen atoms in total. The standard InChI is InChI=1S/C7H6BrN3.C7H5BrN2/c1-11-3-2-5-7(11)10-6(8)4-9-5;8-7-4-9-5-2-1-3-6(5)10-7/h2-4H,1H3;1-2,4H,3H2. The lowest BCUT2D eigenvalue weighted by atomic mass is 10.3. The average Bonchev–Trinajstić information content (AvgIpc) is 3.06. The highest BCUT2D eigenvalue weighted by Crippen LogP contribution is 2.16. The molecule has 0 N–H and O–H groups in total. The van der Waals surface area contributed by atoms with Crippen LogP contribution in [0.15, 0.2) is 39.9 Å². The molecular weight excluding hydrogens is 398 g/mol. The SMILES string of the molecule is Brc1cnc2c(n1)CC=C2.Cn1ccc2ncc(Br)nc21. The van der Waals surface area contributed by atoms with Crippen LogP contribution in [0.25, 0.3) is 17.2 Å². The predicted molar refractivity (Wildman–Crippen MR) is 88.7 cm³/mol. The summed E-state index contributed by atoms with van der Waals surface area (Å²) >= 11 is 6.53. The summed E-state index contributed by atoms with van der Waals surface area (Å²) in [4.78, 5) is 16.8. The van der Waals surface area contributed by atoms with Crippen molar-refractivity contribution < 1.29 is 0 Å². The minimum absolute atomic E-state index is 0.770. The summed E-state index contributed by atoms with van der Waals surface area (Å²) in [6, 6.07) is 1.94. The maximum atomic E-state index is 4.25. The van der Waals surface area contributed by atoms with Crippen molar-refractivity contribution in [3.8, 4) is 0 Å². The third kappa shape index (κ3) is 3.19. The van der Waals surface area contributed by atoms with Gasteiger partial charge in [0.15, 0.2) is 5.65 Å². The molecule has 0 saturated heterocycles. The molecule has 3 heterocycles. The number of fused-ring (bicyclic) bond motifs is 2. The number of halogens is 2. The molecule has 0 aliphatic heterocycles. The summed E-state index contributed by atoms with van der Waals surface area (Å²) in [6.07, 6.45) is 10.3. The molecule has 0 saturated carbocycles. The van der Waals surface area contributed by atoms with E-state index in [1.54, 1.807) is 12.4 Å². The lowest BCUT2D eigenvalue weighted by Crippen LogP contribution is -1.90. The lowest BCUT2D eigenvalue weighted by molar-refractivity contribution is 0.943. The zero-order valence-corrected chi connectivity index (χ0v) is 14.3. The monoisotopic (exact) mass is 407 g/mol. The first-order chi connectivity index (χ1) is 10.1. The zero-order chi connectivity index (χ0) is 14.8. The Hall–Kier alpha value is -1.60. The van der Waals surface area contributed by atoms with Crippen LogP contribution in [0.1, 0.15) is 11.4 Å². The van der Waals surface area contributed by atoms with Crippen molar-refractivity contribution in [1.29, 1.82) is 0 Å². The van der Waals surface area contributed by atoms with E-state index in [4.69, 9.17) is 0 Å². The van der Waals surface area contributed by atoms with E-state index in [-0.39, 0.29) is 0 Å². The van der Waals surface area contributed by atoms with Crippen LogP contribution < -0.4 is 0 Å². The molecule has 0 bridgehead atoms. The van der Waals surface area contributed by atoms with E-state index < -0.39 is 0 Å². The van der Waals surface area contributed by atoms with Crippen molar-refractivity contribution >= 4 is 49.1 Å². The third-order valence-corrected chi connectivity index (χ3v) is 3.74. The maximum absolute atomic E-state index is 4.25. The van der Waals surface area contributed by atoms with Gasteiger partial charge in [0.2, 0.25) is 0 Å². The maximum Gasteiger partial charge on any atom is 0.159 e. The van der Waals surface area contributed by atoms with Crippen LogP contribution >= 0.6 is 31.9 Å². The van der Waals surface area contributed by atoms with Crippen LogP contribution in [0.2, 0.25) is 0 Å². The van der Waals surface area contributed by atoms with E-state index in [0.29, 0.717) is 0 Å². The second kappa shape index (κ2) is 6.03. The van der Waals surface area contributed by atoms with Crippen molar-refractivity contribution in [3.63, 3.8) is 0 Å². The molecule has 3 aromatic rings. The Labute approximate surface area is 138 Å². The smallest absolute Gasteiger partial charge is 0.159 e. The van der Waals surface area contributed by atoms with Crippen molar-refractivity contribution in [2.45, 2.75) is 6.42 Å². The molecule has 3 aromatic heterocycles. The lowest BCUT2D eigenvalue weighted by Gasteiger charge is -1.94. The van der Waals surface area contributed by atoms with Crippen molar-refractivity contribution in [2.24, 2.45) is 7.05 Å². The third-order valence-electron chi connectivity index (χ3n) is 2.98. The van der Waals surface area contributed by atoms with Gasteiger partial charge in [-0.3, -0.25) is 9.97 Å². The Balaban J connectivity index is 0.000000126. The van der Waals surface area contributed by atoms with Gasteiger partial charge in [-0.25, -0.2) is 9.97 Å². The normalized spacial score (nSPS) is 12.1. The van der Waals surface area contributed by atoms with E-state index in [1.165, 1.54) is 0 Å². The van der Waals surface area contributed by atoms with Gasteiger partial charge in [0, 0.05) is 19.7 Å². The Morgan fingerprint density at radius 2 is 1.86 bits per heavy atom. The molecular formula is C14H11Br2N5. The number of hydrogen-bond acceptors (Lipinski definition) is 4. The van der Waals surface area contributed by atoms with E-state index in [1.807, 2.05) is 30.0 Å². The van der Waals surface area contributed by atoms with Crippen molar-refractivity contribution in [3.05, 3.63) is 51.3 Å². The Bertz CT molecular complexity index is 825. The summed E-state index contributed by atoms with van der Waals surface area (Å²) < 4.78 is 3.52. The minimum atomic E-state index is 0.770. The fourth-order valence-corrected chi connectivity index (χ4v) is 2.57. The first-order valence-corrected chi connectivity index (χ1v) is 7.83. The highest BCUT2D eigenvalue weighted by molar-refractivity contribution is 9.10. The topological polar surface area (TPSA) is 56.5 Å². The van der Waals surface area contributed by atoms with Gasteiger partial charge in [-0.05, 0) is 44.0 Å². The molecule has 7 heteroatoms. The van der Waals surface area contributed by atoms with Crippen LogP contribution in [0, 0.1) is 0 Å². The van der Waals surface area contributed by atoms with Gasteiger partial charge in [-0.1, -0.05) is 6.08 Å². The predicted octanol–water partition coefficient (Wildman–Crippen LogP) is 3.54. The molecule has 0 fully saturated rings. The molecule has 0 radical (unpaired) electrons. The zero-order valence-electron chi connectivity index (χ0n) is 11.2. The molecule has 4 rings (SSSR count). The Morgan fingerprint density at radius 1 is 1.10 bits per heavy atom. The number of allylic oxidation sites excluding steroid dienone is 1. The van der Waals surface area contributed by atoms with Crippen LogP contribution in [-0.4, -0.2) is 24.5 Å². The molecule has 106 valence electrons. The van der Waals surface area contributed by atoms with E-state index >= 15 is 0 Å². The molecule has 0 spiro atoms. The van der Waals surface area contributed by atoms with Crippen LogP contribution in [0.5, 0.6) is 0 Å². The highest BCUT2D eigenvalue weighted by Gasteiger charge is 2.06. The van der Waals surface area contributed by atoms with E-state index in [2.05, 4.69) is 57.9 Å². The highest BCUT2D eigenvalue weighted by atomic mass is 79.9. The first-order valence-electron chi connectivity index (χ1n) is 6.25. The number of aryl methyl sites for hydroxylation is 1. The molecule has 0 amide bonds. The summed E-state index contributed by atoms with van der Waals surface area (Å²) in [5.74, 6) is 0. The number of nitrogens with zero attached hydrogens (tertiary/aromatic N) is 5. The molecule has 0 aromatic carbocycles. The van der Waals surface area contributed by atoms with Gasteiger partial charge in [-0.15, -0.1) is 0 Å². The summed E-state index contributed by atoms with van der Waals surface area (Å²) in [6.45, 7) is 0. The number of rotatable bonds is 0. The molecule has 0 unspecified atom stereocenters.